The zero-order chi connectivity index (χ0) is 14.6. The van der Waals surface area contributed by atoms with Crippen molar-refractivity contribution in [1.29, 1.82) is 0 Å². The molecule has 1 aliphatic rings. The fourth-order valence-corrected chi connectivity index (χ4v) is 4.82. The van der Waals surface area contributed by atoms with Gasteiger partial charge in [-0.1, -0.05) is 0 Å². The average molecular weight is 314 g/mol. The lowest BCUT2D eigenvalue weighted by Crippen LogP contribution is -2.41. The van der Waals surface area contributed by atoms with Crippen molar-refractivity contribution in [2.45, 2.75) is 24.3 Å². The Kier molecular flexibility index (Phi) is 5.04. The molecule has 1 aromatic heterocycles. The average Bonchev–Trinajstić information content (AvgIpc) is 2.78. The number of hydrogen-bond donors (Lipinski definition) is 0. The van der Waals surface area contributed by atoms with Crippen LogP contribution in [-0.4, -0.2) is 54.1 Å². The molecule has 0 radical (unpaired) electrons. The maximum atomic E-state index is 12.2. The maximum absolute atomic E-state index is 12.2. The van der Waals surface area contributed by atoms with E-state index >= 15 is 0 Å². The Morgan fingerprint density at radius 1 is 1.45 bits per heavy atom. The SMILES string of the molecule is CCN(C(=O)CSc1ccncc1)C1CCS(=O)(=O)C1. The topological polar surface area (TPSA) is 67.3 Å². The third-order valence-corrected chi connectivity index (χ3v) is 6.07. The predicted octanol–water partition coefficient (Wildman–Crippen LogP) is 1.21. The molecule has 20 heavy (non-hydrogen) atoms. The number of carbonyl (C=O) groups is 1. The summed E-state index contributed by atoms with van der Waals surface area (Å²) in [5.74, 6) is 0.622. The van der Waals surface area contributed by atoms with E-state index in [0.29, 0.717) is 18.7 Å². The first-order valence-electron chi connectivity index (χ1n) is 6.54. The fourth-order valence-electron chi connectivity index (χ4n) is 2.32. The predicted molar refractivity (Wildman–Crippen MR) is 79.4 cm³/mol. The molecule has 7 heteroatoms. The normalized spacial score (nSPS) is 20.8. The molecule has 0 saturated carbocycles. The van der Waals surface area contributed by atoms with Gasteiger partial charge in [0.25, 0.3) is 0 Å². The highest BCUT2D eigenvalue weighted by Gasteiger charge is 2.33. The van der Waals surface area contributed by atoms with Crippen molar-refractivity contribution >= 4 is 27.5 Å². The van der Waals surface area contributed by atoms with Crippen LogP contribution >= 0.6 is 11.8 Å². The molecule has 2 heterocycles. The molecule has 0 aromatic carbocycles. The summed E-state index contributed by atoms with van der Waals surface area (Å²) in [7, 11) is -2.96. The van der Waals surface area contributed by atoms with E-state index < -0.39 is 9.84 Å². The summed E-state index contributed by atoms with van der Waals surface area (Å²) < 4.78 is 23.0. The molecule has 1 aromatic rings. The van der Waals surface area contributed by atoms with Crippen molar-refractivity contribution in [2.75, 3.05) is 23.8 Å². The maximum Gasteiger partial charge on any atom is 0.233 e. The van der Waals surface area contributed by atoms with Crippen molar-refractivity contribution in [1.82, 2.24) is 9.88 Å². The highest BCUT2D eigenvalue weighted by molar-refractivity contribution is 8.00. The summed E-state index contributed by atoms with van der Waals surface area (Å²) in [6, 6.07) is 3.55. The highest BCUT2D eigenvalue weighted by atomic mass is 32.2. The summed E-state index contributed by atoms with van der Waals surface area (Å²) in [4.78, 5) is 18.9. The number of sulfone groups is 1. The van der Waals surface area contributed by atoms with Crippen LogP contribution in [-0.2, 0) is 14.6 Å². The van der Waals surface area contributed by atoms with Crippen LogP contribution in [0.2, 0.25) is 0 Å². The minimum Gasteiger partial charge on any atom is -0.338 e. The van der Waals surface area contributed by atoms with E-state index in [-0.39, 0.29) is 23.5 Å². The van der Waals surface area contributed by atoms with E-state index in [1.165, 1.54) is 11.8 Å². The van der Waals surface area contributed by atoms with Gasteiger partial charge in [-0.3, -0.25) is 9.78 Å². The molecule has 1 saturated heterocycles. The first kappa shape index (κ1) is 15.3. The van der Waals surface area contributed by atoms with Crippen molar-refractivity contribution in [3.63, 3.8) is 0 Å². The van der Waals surface area contributed by atoms with E-state index in [1.807, 2.05) is 19.1 Å². The monoisotopic (exact) mass is 314 g/mol. The molecule has 0 spiro atoms. The number of carbonyl (C=O) groups excluding carboxylic acids is 1. The Balaban J connectivity index is 1.93. The van der Waals surface area contributed by atoms with E-state index in [1.54, 1.807) is 17.3 Å². The lowest BCUT2D eigenvalue weighted by atomic mass is 10.2. The second-order valence-corrected chi connectivity index (χ2v) is 7.99. The number of thioether (sulfide) groups is 1. The summed E-state index contributed by atoms with van der Waals surface area (Å²) in [6.07, 6.45) is 3.93. The second-order valence-electron chi connectivity index (χ2n) is 4.71. The Morgan fingerprint density at radius 2 is 2.15 bits per heavy atom. The van der Waals surface area contributed by atoms with Gasteiger partial charge in [0, 0.05) is 29.9 Å². The smallest absolute Gasteiger partial charge is 0.233 e. The van der Waals surface area contributed by atoms with Crippen LogP contribution in [0.15, 0.2) is 29.4 Å². The van der Waals surface area contributed by atoms with Crippen molar-refractivity contribution in [2.24, 2.45) is 0 Å². The Morgan fingerprint density at radius 3 is 2.70 bits per heavy atom. The summed E-state index contributed by atoms with van der Waals surface area (Å²) >= 11 is 1.45. The van der Waals surface area contributed by atoms with Gasteiger partial charge in [0.15, 0.2) is 9.84 Å². The Hall–Kier alpha value is -1.08. The molecule has 110 valence electrons. The van der Waals surface area contributed by atoms with Crippen molar-refractivity contribution in [3.8, 4) is 0 Å². The molecule has 0 bridgehead atoms. The van der Waals surface area contributed by atoms with Gasteiger partial charge in [0.2, 0.25) is 5.91 Å². The highest BCUT2D eigenvalue weighted by Crippen LogP contribution is 2.21. The molecule has 0 N–H and O–H groups in total. The lowest BCUT2D eigenvalue weighted by molar-refractivity contribution is -0.129. The standard InChI is InChI=1S/C13H18N2O3S2/c1-2-15(11-5-8-20(17,18)10-11)13(16)9-19-12-3-6-14-7-4-12/h3-4,6-7,11H,2,5,8-10H2,1H3. The number of pyridine rings is 1. The Bertz CT molecular complexity index is 560. The van der Waals surface area contributed by atoms with Crippen LogP contribution < -0.4 is 0 Å². The number of hydrogen-bond acceptors (Lipinski definition) is 5. The van der Waals surface area contributed by atoms with Gasteiger partial charge in [-0.15, -0.1) is 11.8 Å². The molecule has 0 aliphatic carbocycles. The summed E-state index contributed by atoms with van der Waals surface area (Å²) in [6.45, 7) is 2.44. The number of rotatable bonds is 5. The van der Waals surface area contributed by atoms with Gasteiger partial charge in [-0.05, 0) is 25.5 Å². The lowest BCUT2D eigenvalue weighted by Gasteiger charge is -2.26. The molecular weight excluding hydrogens is 296 g/mol. The van der Waals surface area contributed by atoms with Crippen molar-refractivity contribution in [3.05, 3.63) is 24.5 Å². The van der Waals surface area contributed by atoms with Gasteiger partial charge >= 0.3 is 0 Å². The minimum absolute atomic E-state index is 0.00332. The largest absolute Gasteiger partial charge is 0.338 e. The summed E-state index contributed by atoms with van der Waals surface area (Å²) in [5.41, 5.74) is 0. The van der Waals surface area contributed by atoms with Gasteiger partial charge in [-0.25, -0.2) is 8.42 Å². The molecule has 1 atom stereocenters. The number of amides is 1. The molecule has 5 nitrogen and oxygen atoms in total. The fraction of sp³-hybridized carbons (Fsp3) is 0.538. The third-order valence-electron chi connectivity index (χ3n) is 3.32. The van der Waals surface area contributed by atoms with E-state index in [4.69, 9.17) is 0 Å². The van der Waals surface area contributed by atoms with Crippen LogP contribution in [0.3, 0.4) is 0 Å². The minimum atomic E-state index is -2.96. The van der Waals surface area contributed by atoms with E-state index in [0.717, 1.165) is 4.90 Å². The van der Waals surface area contributed by atoms with E-state index in [2.05, 4.69) is 4.98 Å². The Labute approximate surface area is 123 Å². The first-order valence-corrected chi connectivity index (χ1v) is 9.35. The third kappa shape index (κ3) is 3.96. The van der Waals surface area contributed by atoms with Crippen LogP contribution in [0.4, 0.5) is 0 Å². The molecule has 1 fully saturated rings. The number of aromatic nitrogens is 1. The van der Waals surface area contributed by atoms with Gasteiger partial charge < -0.3 is 4.90 Å². The summed E-state index contributed by atoms with van der Waals surface area (Å²) in [5, 5.41) is 0. The van der Waals surface area contributed by atoms with Crippen molar-refractivity contribution < 1.29 is 13.2 Å². The number of nitrogens with zero attached hydrogens (tertiary/aromatic N) is 2. The first-order chi connectivity index (χ1) is 9.52. The molecule has 1 amide bonds. The van der Waals surface area contributed by atoms with E-state index in [9.17, 15) is 13.2 Å². The van der Waals surface area contributed by atoms with Crippen LogP contribution in [0, 0.1) is 0 Å². The van der Waals surface area contributed by atoms with Gasteiger partial charge in [0.1, 0.15) is 0 Å². The molecule has 1 aliphatic heterocycles. The van der Waals surface area contributed by atoms with Crippen LogP contribution in [0.5, 0.6) is 0 Å². The molecule has 1 unspecified atom stereocenters. The molecular formula is C13H18N2O3S2. The van der Waals surface area contributed by atoms with Crippen LogP contribution in [0.1, 0.15) is 13.3 Å². The quantitative estimate of drug-likeness (QED) is 0.764. The zero-order valence-corrected chi connectivity index (χ0v) is 13.0. The van der Waals surface area contributed by atoms with Gasteiger partial charge in [-0.2, -0.15) is 0 Å². The van der Waals surface area contributed by atoms with Gasteiger partial charge in [0.05, 0.1) is 17.3 Å². The zero-order valence-electron chi connectivity index (χ0n) is 11.4. The van der Waals surface area contributed by atoms with Crippen LogP contribution in [0.25, 0.3) is 0 Å². The second kappa shape index (κ2) is 6.58. The molecule has 2 rings (SSSR count).